The minimum Gasteiger partial charge on any atom is -0.458 e. The molecule has 0 aromatic carbocycles. The highest BCUT2D eigenvalue weighted by Crippen LogP contribution is 2.09. The summed E-state index contributed by atoms with van der Waals surface area (Å²) in [5, 5.41) is 0. The summed E-state index contributed by atoms with van der Waals surface area (Å²) in [5.41, 5.74) is 0. The maximum Gasteiger partial charge on any atom is 0.303 e. The van der Waals surface area contributed by atoms with Crippen molar-refractivity contribution in [2.24, 2.45) is 0 Å². The topological polar surface area (TPSA) is 26.3 Å². The molecule has 0 rings (SSSR count). The van der Waals surface area contributed by atoms with Crippen LogP contribution in [0.2, 0.25) is 0 Å². The fourth-order valence-corrected chi connectivity index (χ4v) is 1.21. The Morgan fingerprint density at radius 2 is 2.15 bits per heavy atom. The molecule has 0 aliphatic rings. The molecule has 1 unspecified atom stereocenters. The van der Waals surface area contributed by atoms with E-state index in [-0.39, 0.29) is 12.1 Å². The van der Waals surface area contributed by atoms with Crippen molar-refractivity contribution in [2.45, 2.75) is 52.1 Å². The first-order valence-corrected chi connectivity index (χ1v) is 5.00. The molecule has 0 aliphatic heterocycles. The molecule has 13 heavy (non-hydrogen) atoms. The summed E-state index contributed by atoms with van der Waals surface area (Å²) in [4.78, 5) is 10.6. The lowest BCUT2D eigenvalue weighted by molar-refractivity contribution is -0.144. The van der Waals surface area contributed by atoms with E-state index in [1.165, 1.54) is 26.2 Å². The van der Waals surface area contributed by atoms with Crippen molar-refractivity contribution >= 4 is 5.97 Å². The normalized spacial score (nSPS) is 12.2. The van der Waals surface area contributed by atoms with E-state index in [2.05, 4.69) is 13.5 Å². The quantitative estimate of drug-likeness (QED) is 0.345. The van der Waals surface area contributed by atoms with Gasteiger partial charge in [-0.1, -0.05) is 38.8 Å². The molecule has 0 spiro atoms. The standard InChI is InChI=1S/C11H20O2/c1-4-6-7-8-9-11(5-2)13-10(3)12/h5,11H,2,4,6-9H2,1,3H3. The largest absolute Gasteiger partial charge is 0.458 e. The summed E-state index contributed by atoms with van der Waals surface area (Å²) in [7, 11) is 0. The molecule has 2 nitrogen and oxygen atoms in total. The van der Waals surface area contributed by atoms with Gasteiger partial charge in [-0.15, -0.1) is 0 Å². The summed E-state index contributed by atoms with van der Waals surface area (Å²) in [6, 6.07) is 0. The van der Waals surface area contributed by atoms with Crippen LogP contribution in [0.25, 0.3) is 0 Å². The maximum absolute atomic E-state index is 10.6. The van der Waals surface area contributed by atoms with Gasteiger partial charge in [0.1, 0.15) is 6.10 Å². The van der Waals surface area contributed by atoms with E-state index in [0.717, 1.165) is 12.8 Å². The number of carbonyl (C=O) groups excluding carboxylic acids is 1. The van der Waals surface area contributed by atoms with Crippen LogP contribution in [0.4, 0.5) is 0 Å². The van der Waals surface area contributed by atoms with Crippen molar-refractivity contribution in [3.05, 3.63) is 12.7 Å². The van der Waals surface area contributed by atoms with Gasteiger partial charge < -0.3 is 4.74 Å². The molecule has 2 heteroatoms. The number of unbranched alkanes of at least 4 members (excludes halogenated alkanes) is 3. The van der Waals surface area contributed by atoms with Gasteiger partial charge in [0.25, 0.3) is 0 Å². The van der Waals surface area contributed by atoms with Gasteiger partial charge in [-0.05, 0) is 12.8 Å². The van der Waals surface area contributed by atoms with Gasteiger partial charge in [0.05, 0.1) is 0 Å². The smallest absolute Gasteiger partial charge is 0.303 e. The summed E-state index contributed by atoms with van der Waals surface area (Å²) in [6.45, 7) is 7.25. The number of esters is 1. The van der Waals surface area contributed by atoms with E-state index in [1.54, 1.807) is 6.08 Å². The lowest BCUT2D eigenvalue weighted by Gasteiger charge is -2.11. The Morgan fingerprint density at radius 3 is 2.62 bits per heavy atom. The molecule has 0 N–H and O–H groups in total. The molecule has 0 radical (unpaired) electrons. The molecule has 76 valence electrons. The predicted molar refractivity (Wildman–Crippen MR) is 54.5 cm³/mol. The van der Waals surface area contributed by atoms with Crippen LogP contribution in [-0.4, -0.2) is 12.1 Å². The van der Waals surface area contributed by atoms with E-state index < -0.39 is 0 Å². The Kier molecular flexibility index (Phi) is 7.36. The van der Waals surface area contributed by atoms with Crippen LogP contribution in [0.15, 0.2) is 12.7 Å². The number of hydrogen-bond donors (Lipinski definition) is 0. The number of ether oxygens (including phenoxy) is 1. The first-order valence-electron chi connectivity index (χ1n) is 5.00. The van der Waals surface area contributed by atoms with Crippen molar-refractivity contribution in [1.82, 2.24) is 0 Å². The zero-order valence-electron chi connectivity index (χ0n) is 8.71. The Bertz CT molecular complexity index is 152. The van der Waals surface area contributed by atoms with E-state index in [1.807, 2.05) is 0 Å². The molecule has 0 saturated carbocycles. The molecule has 0 aromatic rings. The van der Waals surface area contributed by atoms with Crippen LogP contribution in [0.1, 0.15) is 46.0 Å². The Labute approximate surface area is 81.0 Å². The minimum absolute atomic E-state index is 0.0886. The average molecular weight is 184 g/mol. The molecule has 0 fully saturated rings. The van der Waals surface area contributed by atoms with Crippen LogP contribution in [0, 0.1) is 0 Å². The zero-order chi connectivity index (χ0) is 10.1. The second kappa shape index (κ2) is 7.84. The molecule has 0 bridgehead atoms. The highest BCUT2D eigenvalue weighted by Gasteiger charge is 2.05. The van der Waals surface area contributed by atoms with Gasteiger partial charge in [0.15, 0.2) is 0 Å². The third-order valence-electron chi connectivity index (χ3n) is 1.92. The van der Waals surface area contributed by atoms with Crippen molar-refractivity contribution in [2.75, 3.05) is 0 Å². The van der Waals surface area contributed by atoms with E-state index in [0.29, 0.717) is 0 Å². The fourth-order valence-electron chi connectivity index (χ4n) is 1.21. The maximum atomic E-state index is 10.6. The second-order valence-electron chi connectivity index (χ2n) is 3.23. The molecular weight excluding hydrogens is 164 g/mol. The molecular formula is C11H20O2. The lowest BCUT2D eigenvalue weighted by atomic mass is 10.1. The number of carbonyl (C=O) groups is 1. The van der Waals surface area contributed by atoms with Gasteiger partial charge in [-0.3, -0.25) is 4.79 Å². The van der Waals surface area contributed by atoms with Crippen molar-refractivity contribution < 1.29 is 9.53 Å². The summed E-state index contributed by atoms with van der Waals surface area (Å²) >= 11 is 0. The Balaban J connectivity index is 3.48. The van der Waals surface area contributed by atoms with E-state index in [9.17, 15) is 4.79 Å². The van der Waals surface area contributed by atoms with Gasteiger partial charge in [-0.25, -0.2) is 0 Å². The van der Waals surface area contributed by atoms with Crippen LogP contribution < -0.4 is 0 Å². The first kappa shape index (κ1) is 12.2. The van der Waals surface area contributed by atoms with E-state index >= 15 is 0 Å². The van der Waals surface area contributed by atoms with Crippen molar-refractivity contribution in [3.63, 3.8) is 0 Å². The van der Waals surface area contributed by atoms with Crippen molar-refractivity contribution in [1.29, 1.82) is 0 Å². The monoisotopic (exact) mass is 184 g/mol. The number of hydrogen-bond acceptors (Lipinski definition) is 2. The fraction of sp³-hybridized carbons (Fsp3) is 0.727. The second-order valence-corrected chi connectivity index (χ2v) is 3.23. The minimum atomic E-state index is -0.222. The SMILES string of the molecule is C=CC(CCCCCC)OC(C)=O. The van der Waals surface area contributed by atoms with Crippen LogP contribution in [-0.2, 0) is 9.53 Å². The molecule has 0 saturated heterocycles. The van der Waals surface area contributed by atoms with Crippen LogP contribution in [0.5, 0.6) is 0 Å². The highest BCUT2D eigenvalue weighted by atomic mass is 16.5. The Hall–Kier alpha value is -0.790. The van der Waals surface area contributed by atoms with Gasteiger partial charge in [0, 0.05) is 6.92 Å². The zero-order valence-corrected chi connectivity index (χ0v) is 8.71. The average Bonchev–Trinajstić information content (AvgIpc) is 2.09. The first-order chi connectivity index (χ1) is 6.20. The highest BCUT2D eigenvalue weighted by molar-refractivity contribution is 5.66. The molecule has 0 amide bonds. The Morgan fingerprint density at radius 1 is 1.46 bits per heavy atom. The molecule has 0 aliphatic carbocycles. The van der Waals surface area contributed by atoms with E-state index in [4.69, 9.17) is 4.74 Å². The molecule has 0 heterocycles. The van der Waals surface area contributed by atoms with Crippen LogP contribution >= 0.6 is 0 Å². The lowest BCUT2D eigenvalue weighted by Crippen LogP contribution is -2.13. The van der Waals surface area contributed by atoms with Gasteiger partial charge >= 0.3 is 5.97 Å². The predicted octanol–water partition coefficient (Wildman–Crippen LogP) is 3.07. The molecule has 1 atom stereocenters. The summed E-state index contributed by atoms with van der Waals surface area (Å²) in [6.07, 6.45) is 7.32. The van der Waals surface area contributed by atoms with Gasteiger partial charge in [0.2, 0.25) is 0 Å². The van der Waals surface area contributed by atoms with Gasteiger partial charge in [-0.2, -0.15) is 0 Å². The number of rotatable bonds is 7. The third-order valence-corrected chi connectivity index (χ3v) is 1.92. The summed E-state index contributed by atoms with van der Waals surface area (Å²) < 4.78 is 5.02. The summed E-state index contributed by atoms with van der Waals surface area (Å²) in [5.74, 6) is -0.222. The van der Waals surface area contributed by atoms with Crippen molar-refractivity contribution in [3.8, 4) is 0 Å². The third kappa shape index (κ3) is 7.57. The molecule has 0 aromatic heterocycles. The van der Waals surface area contributed by atoms with Crippen LogP contribution in [0.3, 0.4) is 0 Å².